The highest BCUT2D eigenvalue weighted by Gasteiger charge is 2.50. The molecular weight excluding hydrogens is 489 g/mol. The van der Waals surface area contributed by atoms with E-state index in [9.17, 15) is 14.0 Å². The molecular formula is C29H44FN3O5. The molecule has 9 heteroatoms. The Labute approximate surface area is 226 Å². The smallest absolute Gasteiger partial charge is 0.469 e. The molecule has 1 saturated carbocycles. The first kappa shape index (κ1) is 29.9. The average molecular weight is 534 g/mol. The first-order valence-corrected chi connectivity index (χ1v) is 13.8. The largest absolute Gasteiger partial charge is 0.510 e. The lowest BCUT2D eigenvalue weighted by molar-refractivity contribution is -0.143. The van der Waals surface area contributed by atoms with Gasteiger partial charge in [-0.05, 0) is 69.3 Å². The second-order valence-electron chi connectivity index (χ2n) is 10.8. The molecule has 0 radical (unpaired) electrons. The number of nitrogens with zero attached hydrogens (tertiary/aromatic N) is 3. The number of methoxy groups -OCH3 is 2. The van der Waals surface area contributed by atoms with E-state index in [1.165, 1.54) is 26.4 Å². The highest BCUT2D eigenvalue weighted by molar-refractivity contribution is 5.70. The van der Waals surface area contributed by atoms with Crippen molar-refractivity contribution in [2.45, 2.75) is 82.5 Å². The van der Waals surface area contributed by atoms with E-state index < -0.39 is 11.9 Å². The Bertz CT molecular complexity index is 933. The van der Waals surface area contributed by atoms with Crippen LogP contribution in [0, 0.1) is 17.7 Å². The van der Waals surface area contributed by atoms with Gasteiger partial charge in [-0.15, -0.1) is 0 Å². The summed E-state index contributed by atoms with van der Waals surface area (Å²) in [5.41, 5.74) is -0.0466. The molecule has 0 aromatic heterocycles. The highest BCUT2D eigenvalue weighted by atomic mass is 19.1. The van der Waals surface area contributed by atoms with E-state index in [0.717, 1.165) is 57.1 Å². The molecule has 3 atom stereocenters. The molecule has 212 valence electrons. The van der Waals surface area contributed by atoms with Crippen molar-refractivity contribution in [3.05, 3.63) is 35.6 Å². The van der Waals surface area contributed by atoms with Crippen LogP contribution in [0.2, 0.25) is 0 Å². The summed E-state index contributed by atoms with van der Waals surface area (Å²) in [5, 5.41) is 0. The van der Waals surface area contributed by atoms with Gasteiger partial charge in [-0.1, -0.05) is 38.3 Å². The summed E-state index contributed by atoms with van der Waals surface area (Å²) in [6.07, 6.45) is 8.33. The van der Waals surface area contributed by atoms with Crippen LogP contribution in [-0.2, 0) is 19.0 Å². The van der Waals surface area contributed by atoms with Crippen LogP contribution < -0.4 is 0 Å². The fourth-order valence-corrected chi connectivity index (χ4v) is 6.12. The van der Waals surface area contributed by atoms with Gasteiger partial charge in [0.2, 0.25) is 5.72 Å². The standard InChI is InChI=1S/C29H44FN3O5/c1-6-7-18-33-20-31-29(38-28(35)37-5,17-16-26(34)36-4)25(33)19-21-8-10-22(11-9-21)27(32(2)3)23-12-14-24(30)15-13-23/h12-15,20-22,25,27H,6-11,16-19H2,1-5H3. The molecule has 1 heterocycles. The molecule has 1 aromatic rings. The van der Waals surface area contributed by atoms with Gasteiger partial charge in [-0.25, -0.2) is 14.2 Å². The first-order valence-electron chi connectivity index (χ1n) is 13.8. The monoisotopic (exact) mass is 533 g/mol. The summed E-state index contributed by atoms with van der Waals surface area (Å²) < 4.78 is 29.1. The Morgan fingerprint density at radius 2 is 1.82 bits per heavy atom. The Hall–Kier alpha value is -2.68. The molecule has 3 unspecified atom stereocenters. The van der Waals surface area contributed by atoms with Gasteiger partial charge in [-0.3, -0.25) is 4.79 Å². The van der Waals surface area contributed by atoms with E-state index in [2.05, 4.69) is 35.8 Å². The molecule has 2 aliphatic rings. The molecule has 0 N–H and O–H groups in total. The lowest BCUT2D eigenvalue weighted by Crippen LogP contribution is -2.50. The van der Waals surface area contributed by atoms with Crippen molar-refractivity contribution in [3.63, 3.8) is 0 Å². The Balaban J connectivity index is 1.75. The van der Waals surface area contributed by atoms with Gasteiger partial charge in [0.1, 0.15) is 5.82 Å². The predicted octanol–water partition coefficient (Wildman–Crippen LogP) is 5.57. The number of ether oxygens (including phenoxy) is 3. The fourth-order valence-electron chi connectivity index (χ4n) is 6.12. The van der Waals surface area contributed by atoms with Gasteiger partial charge < -0.3 is 24.0 Å². The van der Waals surface area contributed by atoms with Crippen molar-refractivity contribution < 1.29 is 28.2 Å². The summed E-state index contributed by atoms with van der Waals surface area (Å²) in [4.78, 5) is 33.4. The number of carbonyl (C=O) groups excluding carboxylic acids is 2. The maximum atomic E-state index is 13.5. The Morgan fingerprint density at radius 1 is 1.13 bits per heavy atom. The van der Waals surface area contributed by atoms with Crippen LogP contribution in [-0.4, -0.2) is 74.9 Å². The summed E-state index contributed by atoms with van der Waals surface area (Å²) in [6.45, 7) is 2.94. The molecule has 1 aliphatic heterocycles. The van der Waals surface area contributed by atoms with Crippen LogP contribution in [0.1, 0.15) is 76.3 Å². The van der Waals surface area contributed by atoms with E-state index in [4.69, 9.17) is 14.2 Å². The van der Waals surface area contributed by atoms with Gasteiger partial charge >= 0.3 is 12.1 Å². The van der Waals surface area contributed by atoms with E-state index in [1.807, 2.05) is 12.1 Å². The van der Waals surface area contributed by atoms with Gasteiger partial charge in [0.15, 0.2) is 0 Å². The van der Waals surface area contributed by atoms with Gasteiger partial charge in [-0.2, -0.15) is 0 Å². The lowest BCUT2D eigenvalue weighted by atomic mass is 9.73. The van der Waals surface area contributed by atoms with Crippen molar-refractivity contribution >= 4 is 18.5 Å². The number of rotatable bonds is 12. The predicted molar refractivity (Wildman–Crippen MR) is 144 cm³/mol. The van der Waals surface area contributed by atoms with Crippen molar-refractivity contribution in [2.24, 2.45) is 16.8 Å². The van der Waals surface area contributed by atoms with Crippen molar-refractivity contribution in [3.8, 4) is 0 Å². The van der Waals surface area contributed by atoms with Crippen LogP contribution in [0.3, 0.4) is 0 Å². The van der Waals surface area contributed by atoms with E-state index >= 15 is 0 Å². The third kappa shape index (κ3) is 7.46. The second-order valence-corrected chi connectivity index (χ2v) is 10.8. The Morgan fingerprint density at radius 3 is 2.39 bits per heavy atom. The maximum Gasteiger partial charge on any atom is 0.510 e. The van der Waals surface area contributed by atoms with E-state index in [1.54, 1.807) is 6.34 Å². The molecule has 1 aliphatic carbocycles. The minimum absolute atomic E-state index is 0.0951. The van der Waals surface area contributed by atoms with Gasteiger partial charge in [0.05, 0.1) is 33.0 Å². The number of carbonyl (C=O) groups is 2. The summed E-state index contributed by atoms with van der Waals surface area (Å²) in [7, 11) is 6.80. The molecule has 0 spiro atoms. The molecule has 3 rings (SSSR count). The molecule has 38 heavy (non-hydrogen) atoms. The van der Waals surface area contributed by atoms with Gasteiger partial charge in [0.25, 0.3) is 0 Å². The summed E-state index contributed by atoms with van der Waals surface area (Å²) in [6, 6.07) is 6.92. The van der Waals surface area contributed by atoms with E-state index in [0.29, 0.717) is 11.8 Å². The quantitative estimate of drug-likeness (QED) is 0.325. The minimum atomic E-state index is -1.19. The number of halogens is 1. The van der Waals surface area contributed by atoms with Gasteiger partial charge in [0, 0.05) is 19.0 Å². The molecule has 0 amide bonds. The molecule has 0 bridgehead atoms. The number of hydrogen-bond acceptors (Lipinski definition) is 8. The third-order valence-corrected chi connectivity index (χ3v) is 8.12. The van der Waals surface area contributed by atoms with Crippen molar-refractivity contribution in [2.75, 3.05) is 34.9 Å². The maximum absolute atomic E-state index is 13.5. The third-order valence-electron chi connectivity index (χ3n) is 8.12. The van der Waals surface area contributed by atoms with E-state index in [-0.39, 0.29) is 36.7 Å². The van der Waals surface area contributed by atoms with Crippen molar-refractivity contribution in [1.82, 2.24) is 9.80 Å². The van der Waals surface area contributed by atoms with Crippen LogP contribution in [0.4, 0.5) is 9.18 Å². The zero-order valence-electron chi connectivity index (χ0n) is 23.5. The zero-order chi connectivity index (χ0) is 27.7. The number of esters is 1. The first-order chi connectivity index (χ1) is 18.2. The Kier molecular flexibility index (Phi) is 10.9. The van der Waals surface area contributed by atoms with Crippen LogP contribution in [0.15, 0.2) is 29.3 Å². The van der Waals surface area contributed by atoms with Crippen molar-refractivity contribution in [1.29, 1.82) is 0 Å². The molecule has 1 aromatic carbocycles. The summed E-state index contributed by atoms with van der Waals surface area (Å²) in [5.74, 6) is 0.316. The van der Waals surface area contributed by atoms with Crippen LogP contribution >= 0.6 is 0 Å². The number of aliphatic imine (C=N–C) groups is 1. The molecule has 8 nitrogen and oxygen atoms in total. The fraction of sp³-hybridized carbons (Fsp3) is 0.690. The number of hydrogen-bond donors (Lipinski definition) is 0. The molecule has 1 fully saturated rings. The zero-order valence-corrected chi connectivity index (χ0v) is 23.5. The van der Waals surface area contributed by atoms with Crippen LogP contribution in [0.25, 0.3) is 0 Å². The molecule has 0 saturated heterocycles. The minimum Gasteiger partial charge on any atom is -0.469 e. The number of unbranched alkanes of at least 4 members (excludes halogenated alkanes) is 1. The highest BCUT2D eigenvalue weighted by Crippen LogP contribution is 2.44. The number of benzene rings is 1. The van der Waals surface area contributed by atoms with Crippen LogP contribution in [0.5, 0.6) is 0 Å². The summed E-state index contributed by atoms with van der Waals surface area (Å²) >= 11 is 0. The topological polar surface area (TPSA) is 80.7 Å². The normalized spacial score (nSPS) is 25.9. The lowest BCUT2D eigenvalue weighted by Gasteiger charge is -2.41. The average Bonchev–Trinajstić information content (AvgIpc) is 3.24. The SMILES string of the molecule is CCCCN1C=NC(CCC(=O)OC)(OC(=O)OC)C1CC1CCC(C(c2ccc(F)cc2)N(C)C)CC1. The second kappa shape index (κ2) is 13.9.